The number of hydrogen-bond donors (Lipinski definition) is 3. The summed E-state index contributed by atoms with van der Waals surface area (Å²) in [6, 6.07) is 0. The van der Waals surface area contributed by atoms with E-state index < -0.39 is 0 Å². The van der Waals surface area contributed by atoms with Crippen LogP contribution in [0.5, 0.6) is 0 Å². The largest absolute Gasteiger partial charge is 0.391 e. The molecular formula is C9H16N4O. The minimum atomic E-state index is -0.311. The molecule has 0 aliphatic carbocycles. The Kier molecular flexibility index (Phi) is 2.78. The van der Waals surface area contributed by atoms with E-state index >= 15 is 0 Å². The van der Waals surface area contributed by atoms with Gasteiger partial charge in [-0.3, -0.25) is 4.79 Å². The maximum absolute atomic E-state index is 11.2. The van der Waals surface area contributed by atoms with Crippen LogP contribution in [0, 0.1) is 0 Å². The number of hydrogen-bond acceptors (Lipinski definition) is 4. The van der Waals surface area contributed by atoms with Crippen LogP contribution in [0.25, 0.3) is 0 Å². The summed E-state index contributed by atoms with van der Waals surface area (Å²) in [4.78, 5) is 17.5. The second kappa shape index (κ2) is 3.69. The van der Waals surface area contributed by atoms with Gasteiger partial charge in [0.05, 0.1) is 6.33 Å². The van der Waals surface area contributed by atoms with Gasteiger partial charge in [0, 0.05) is 5.54 Å². The lowest BCUT2D eigenvalue weighted by atomic mass is 10.0. The molecule has 0 fully saturated rings. The molecule has 5 heteroatoms. The number of nitrogens with one attached hydrogen (secondary N) is 2. The van der Waals surface area contributed by atoms with Crippen LogP contribution in [-0.2, 0) is 0 Å². The Morgan fingerprint density at radius 3 is 2.86 bits per heavy atom. The lowest BCUT2D eigenvalue weighted by molar-refractivity contribution is 0.545. The van der Waals surface area contributed by atoms with Gasteiger partial charge >= 0.3 is 0 Å². The predicted octanol–water partition coefficient (Wildman–Crippen LogP) is 0.953. The van der Waals surface area contributed by atoms with Crippen LogP contribution in [0.3, 0.4) is 0 Å². The van der Waals surface area contributed by atoms with Gasteiger partial charge < -0.3 is 16.0 Å². The number of H-pyrrole nitrogens is 1. The van der Waals surface area contributed by atoms with Crippen LogP contribution in [0.15, 0.2) is 11.1 Å². The molecule has 0 amide bonds. The topological polar surface area (TPSA) is 83.8 Å². The average Bonchev–Trinajstić information content (AvgIpc) is 2.13. The van der Waals surface area contributed by atoms with Crippen molar-refractivity contribution in [2.24, 2.45) is 0 Å². The third-order valence-electron chi connectivity index (χ3n) is 2.23. The summed E-state index contributed by atoms with van der Waals surface area (Å²) in [5, 5.41) is 3.12. The number of anilines is 2. The normalized spacial score (nSPS) is 11.4. The molecule has 14 heavy (non-hydrogen) atoms. The molecule has 0 saturated heterocycles. The zero-order valence-electron chi connectivity index (χ0n) is 8.72. The molecular weight excluding hydrogens is 180 g/mol. The molecule has 1 rings (SSSR count). The minimum Gasteiger partial charge on any atom is -0.391 e. The molecule has 78 valence electrons. The molecule has 4 N–H and O–H groups in total. The Labute approximate surface area is 82.7 Å². The van der Waals surface area contributed by atoms with E-state index in [0.29, 0.717) is 5.82 Å². The molecule has 0 aliphatic heterocycles. The van der Waals surface area contributed by atoms with Gasteiger partial charge in [-0.15, -0.1) is 0 Å². The van der Waals surface area contributed by atoms with Gasteiger partial charge in [0.2, 0.25) is 0 Å². The van der Waals surface area contributed by atoms with E-state index in [4.69, 9.17) is 5.73 Å². The Morgan fingerprint density at radius 2 is 2.29 bits per heavy atom. The molecule has 0 atom stereocenters. The zero-order chi connectivity index (χ0) is 10.8. The molecule has 1 aromatic rings. The highest BCUT2D eigenvalue weighted by molar-refractivity contribution is 5.59. The summed E-state index contributed by atoms with van der Waals surface area (Å²) in [6.45, 7) is 6.10. The fourth-order valence-corrected chi connectivity index (χ4v) is 0.919. The van der Waals surface area contributed by atoms with Gasteiger partial charge in [0.15, 0.2) is 5.82 Å². The van der Waals surface area contributed by atoms with Crippen molar-refractivity contribution in [3.05, 3.63) is 16.7 Å². The number of aromatic amines is 1. The fraction of sp³-hybridized carbons (Fsp3) is 0.556. The van der Waals surface area contributed by atoms with Crippen LogP contribution < -0.4 is 16.6 Å². The summed E-state index contributed by atoms with van der Waals surface area (Å²) in [5.74, 6) is 0.445. The molecule has 0 spiro atoms. The molecule has 5 nitrogen and oxygen atoms in total. The summed E-state index contributed by atoms with van der Waals surface area (Å²) < 4.78 is 0. The first kappa shape index (κ1) is 10.6. The van der Waals surface area contributed by atoms with Crippen LogP contribution in [0.4, 0.5) is 11.5 Å². The quantitative estimate of drug-likeness (QED) is 0.672. The first-order valence-corrected chi connectivity index (χ1v) is 4.57. The first-order chi connectivity index (χ1) is 6.46. The van der Waals surface area contributed by atoms with E-state index in [9.17, 15) is 4.79 Å². The highest BCUT2D eigenvalue weighted by atomic mass is 16.1. The SMILES string of the molecule is CCC(C)(C)Nc1nc[nH]c(=O)c1N. The molecule has 0 bridgehead atoms. The highest BCUT2D eigenvalue weighted by Gasteiger charge is 2.17. The van der Waals surface area contributed by atoms with Gasteiger partial charge in [-0.25, -0.2) is 4.98 Å². The lowest BCUT2D eigenvalue weighted by Gasteiger charge is -2.25. The van der Waals surface area contributed by atoms with E-state index in [0.717, 1.165) is 6.42 Å². The molecule has 0 aliphatic rings. The number of nitrogens with two attached hydrogens (primary N) is 1. The van der Waals surface area contributed by atoms with Crippen LogP contribution in [-0.4, -0.2) is 15.5 Å². The van der Waals surface area contributed by atoms with Crippen molar-refractivity contribution in [2.45, 2.75) is 32.7 Å². The summed E-state index contributed by atoms with van der Waals surface area (Å²) >= 11 is 0. The molecule has 0 radical (unpaired) electrons. The van der Waals surface area contributed by atoms with Crippen molar-refractivity contribution in [3.63, 3.8) is 0 Å². The van der Waals surface area contributed by atoms with E-state index in [1.54, 1.807) is 0 Å². The van der Waals surface area contributed by atoms with Crippen molar-refractivity contribution >= 4 is 11.5 Å². The summed E-state index contributed by atoms with van der Waals surface area (Å²) in [5.41, 5.74) is 5.28. The predicted molar refractivity (Wildman–Crippen MR) is 57.3 cm³/mol. The first-order valence-electron chi connectivity index (χ1n) is 4.57. The number of nitrogens with zero attached hydrogens (tertiary/aromatic N) is 1. The van der Waals surface area contributed by atoms with Gasteiger partial charge in [0.25, 0.3) is 5.56 Å². The second-order valence-corrected chi connectivity index (χ2v) is 3.86. The van der Waals surface area contributed by atoms with Crippen molar-refractivity contribution in [1.29, 1.82) is 0 Å². The third kappa shape index (κ3) is 2.25. The van der Waals surface area contributed by atoms with E-state index in [2.05, 4.69) is 22.2 Å². The van der Waals surface area contributed by atoms with Crippen molar-refractivity contribution in [3.8, 4) is 0 Å². The Hall–Kier alpha value is -1.52. The van der Waals surface area contributed by atoms with Gasteiger partial charge in [-0.1, -0.05) is 6.92 Å². The Morgan fingerprint density at radius 1 is 1.64 bits per heavy atom. The van der Waals surface area contributed by atoms with E-state index in [1.807, 2.05) is 13.8 Å². The van der Waals surface area contributed by atoms with Crippen molar-refractivity contribution in [1.82, 2.24) is 9.97 Å². The standard InChI is InChI=1S/C9H16N4O/c1-4-9(2,3)13-7-6(10)8(14)12-5-11-7/h5H,4,10H2,1-3H3,(H2,11,12,13,14). The maximum atomic E-state index is 11.2. The third-order valence-corrected chi connectivity index (χ3v) is 2.23. The fourth-order valence-electron chi connectivity index (χ4n) is 0.919. The molecule has 0 unspecified atom stereocenters. The minimum absolute atomic E-state index is 0.116. The number of rotatable bonds is 3. The Balaban J connectivity index is 2.98. The second-order valence-electron chi connectivity index (χ2n) is 3.86. The van der Waals surface area contributed by atoms with E-state index in [-0.39, 0.29) is 16.8 Å². The molecule has 0 aromatic carbocycles. The van der Waals surface area contributed by atoms with Gasteiger partial charge in [-0.05, 0) is 20.3 Å². The Bertz CT molecular complexity index is 369. The molecule has 0 saturated carbocycles. The molecule has 1 aromatic heterocycles. The van der Waals surface area contributed by atoms with Crippen molar-refractivity contribution < 1.29 is 0 Å². The van der Waals surface area contributed by atoms with Crippen LogP contribution in [0.2, 0.25) is 0 Å². The average molecular weight is 196 g/mol. The van der Waals surface area contributed by atoms with Crippen molar-refractivity contribution in [2.75, 3.05) is 11.1 Å². The highest BCUT2D eigenvalue weighted by Crippen LogP contribution is 2.17. The summed E-state index contributed by atoms with van der Waals surface area (Å²) in [6.07, 6.45) is 2.26. The number of aromatic nitrogens is 2. The van der Waals surface area contributed by atoms with Crippen LogP contribution in [0.1, 0.15) is 27.2 Å². The zero-order valence-corrected chi connectivity index (χ0v) is 8.72. The maximum Gasteiger partial charge on any atom is 0.276 e. The smallest absolute Gasteiger partial charge is 0.276 e. The summed E-state index contributed by atoms with van der Waals surface area (Å²) in [7, 11) is 0. The van der Waals surface area contributed by atoms with Crippen LogP contribution >= 0.6 is 0 Å². The molecule has 1 heterocycles. The van der Waals surface area contributed by atoms with E-state index in [1.165, 1.54) is 6.33 Å². The van der Waals surface area contributed by atoms with Gasteiger partial charge in [-0.2, -0.15) is 0 Å². The number of nitrogen functional groups attached to an aromatic ring is 1. The monoisotopic (exact) mass is 196 g/mol. The lowest BCUT2D eigenvalue weighted by Crippen LogP contribution is -2.31. The van der Waals surface area contributed by atoms with Gasteiger partial charge in [0.1, 0.15) is 5.69 Å².